The number of rotatable bonds is 7. The average molecular weight is 346 g/mol. The van der Waals surface area contributed by atoms with Crippen LogP contribution >= 0.6 is 0 Å². The molecule has 0 bridgehead atoms. The Kier molecular flexibility index (Phi) is 5.98. The van der Waals surface area contributed by atoms with E-state index in [1.807, 2.05) is 31.2 Å². The molecule has 2 rings (SSSR count). The van der Waals surface area contributed by atoms with Gasteiger partial charge in [0.05, 0.1) is 12.3 Å². The Labute approximate surface area is 143 Å². The average Bonchev–Trinajstić information content (AvgIpc) is 2.51. The van der Waals surface area contributed by atoms with Gasteiger partial charge in [-0.1, -0.05) is 48.0 Å². The van der Waals surface area contributed by atoms with E-state index in [-0.39, 0.29) is 18.2 Å². The largest absolute Gasteiger partial charge is 0.376 e. The van der Waals surface area contributed by atoms with Crippen LogP contribution in [0.25, 0.3) is 0 Å². The van der Waals surface area contributed by atoms with Gasteiger partial charge in [-0.3, -0.25) is 4.79 Å². The number of sulfone groups is 1. The molecule has 0 heterocycles. The predicted molar refractivity (Wildman–Crippen MR) is 96.5 cm³/mol. The summed E-state index contributed by atoms with van der Waals surface area (Å²) in [6.45, 7) is 2.56. The zero-order chi connectivity index (χ0) is 17.6. The van der Waals surface area contributed by atoms with Crippen molar-refractivity contribution in [2.75, 3.05) is 18.1 Å². The molecule has 0 radical (unpaired) electrons. The molecule has 2 N–H and O–H groups in total. The van der Waals surface area contributed by atoms with Gasteiger partial charge in [0.25, 0.3) is 0 Å². The molecule has 1 amide bonds. The topological polar surface area (TPSA) is 75.3 Å². The highest BCUT2D eigenvalue weighted by atomic mass is 32.2. The number of anilines is 1. The Morgan fingerprint density at radius 2 is 1.83 bits per heavy atom. The molecule has 0 aliphatic carbocycles. The first-order chi connectivity index (χ1) is 11.3. The first kappa shape index (κ1) is 18.0. The van der Waals surface area contributed by atoms with Crippen molar-refractivity contribution < 1.29 is 13.2 Å². The van der Waals surface area contributed by atoms with Crippen molar-refractivity contribution in [3.63, 3.8) is 0 Å². The summed E-state index contributed by atoms with van der Waals surface area (Å²) in [6, 6.07) is 15.0. The van der Waals surface area contributed by atoms with Crippen LogP contribution < -0.4 is 10.6 Å². The monoisotopic (exact) mass is 346 g/mol. The van der Waals surface area contributed by atoms with E-state index in [4.69, 9.17) is 0 Å². The van der Waals surface area contributed by atoms with Crippen molar-refractivity contribution in [3.05, 3.63) is 65.2 Å². The summed E-state index contributed by atoms with van der Waals surface area (Å²) < 4.78 is 22.9. The Balaban J connectivity index is 1.90. The van der Waals surface area contributed by atoms with E-state index < -0.39 is 9.84 Å². The molecule has 2 aromatic carbocycles. The molecule has 0 aliphatic rings. The number of aryl methyl sites for hydroxylation is 1. The first-order valence-corrected chi connectivity index (χ1v) is 9.71. The quantitative estimate of drug-likeness (QED) is 0.806. The van der Waals surface area contributed by atoms with Crippen LogP contribution in [0.2, 0.25) is 0 Å². The van der Waals surface area contributed by atoms with Crippen molar-refractivity contribution in [3.8, 4) is 0 Å². The van der Waals surface area contributed by atoms with Gasteiger partial charge in [0.15, 0.2) is 9.84 Å². The number of carbonyl (C=O) groups is 1. The van der Waals surface area contributed by atoms with E-state index in [0.717, 1.165) is 11.1 Å². The number of amides is 1. The zero-order valence-corrected chi connectivity index (χ0v) is 14.7. The summed E-state index contributed by atoms with van der Waals surface area (Å²) in [6.07, 6.45) is 1.19. The van der Waals surface area contributed by atoms with Gasteiger partial charge >= 0.3 is 0 Å². The lowest BCUT2D eigenvalue weighted by atomic mass is 10.1. The summed E-state index contributed by atoms with van der Waals surface area (Å²) >= 11 is 0. The highest BCUT2D eigenvalue weighted by Gasteiger charge is 2.10. The molecular weight excluding hydrogens is 324 g/mol. The molecule has 128 valence electrons. The van der Waals surface area contributed by atoms with Crippen molar-refractivity contribution in [2.24, 2.45) is 0 Å². The third-order valence-electron chi connectivity index (χ3n) is 3.45. The molecule has 2 aromatic rings. The Morgan fingerprint density at radius 1 is 1.08 bits per heavy atom. The summed E-state index contributed by atoms with van der Waals surface area (Å²) in [5.41, 5.74) is 3.51. The van der Waals surface area contributed by atoms with Gasteiger partial charge in [-0.15, -0.1) is 0 Å². The second-order valence-corrected chi connectivity index (χ2v) is 7.99. The smallest absolute Gasteiger partial charge is 0.239 e. The normalized spacial score (nSPS) is 11.1. The molecule has 6 heteroatoms. The standard InChI is InChI=1S/C18H22N2O3S/c1-14-6-5-7-15(10-14)11-20-18(21)12-19-17-9-4-3-8-16(17)13-24(2,22)23/h3-10,19H,11-13H2,1-2H3,(H,20,21). The van der Waals surface area contributed by atoms with Crippen LogP contribution in [0.5, 0.6) is 0 Å². The highest BCUT2D eigenvalue weighted by molar-refractivity contribution is 7.89. The summed E-state index contributed by atoms with van der Waals surface area (Å²) in [5, 5.41) is 5.85. The van der Waals surface area contributed by atoms with E-state index in [1.165, 1.54) is 6.26 Å². The van der Waals surface area contributed by atoms with Crippen LogP contribution in [0.1, 0.15) is 16.7 Å². The molecule has 5 nitrogen and oxygen atoms in total. The number of hydrogen-bond acceptors (Lipinski definition) is 4. The maximum atomic E-state index is 12.0. The minimum absolute atomic E-state index is 0.0545. The van der Waals surface area contributed by atoms with Crippen LogP contribution in [0, 0.1) is 6.92 Å². The van der Waals surface area contributed by atoms with Gasteiger partial charge < -0.3 is 10.6 Å². The number of para-hydroxylation sites is 1. The maximum absolute atomic E-state index is 12.0. The molecule has 0 unspecified atom stereocenters. The van der Waals surface area contributed by atoms with Gasteiger partial charge in [-0.05, 0) is 24.1 Å². The fourth-order valence-corrected chi connectivity index (χ4v) is 3.18. The fraction of sp³-hybridized carbons (Fsp3) is 0.278. The molecule has 0 atom stereocenters. The highest BCUT2D eigenvalue weighted by Crippen LogP contribution is 2.17. The minimum Gasteiger partial charge on any atom is -0.376 e. The van der Waals surface area contributed by atoms with Crippen molar-refractivity contribution in [1.29, 1.82) is 0 Å². The molecule has 0 aromatic heterocycles. The Hall–Kier alpha value is -2.34. The molecule has 0 aliphatic heterocycles. The number of carbonyl (C=O) groups excluding carboxylic acids is 1. The Bertz CT molecular complexity index is 817. The number of hydrogen-bond donors (Lipinski definition) is 2. The van der Waals surface area contributed by atoms with Gasteiger partial charge in [0.1, 0.15) is 0 Å². The first-order valence-electron chi connectivity index (χ1n) is 7.65. The van der Waals surface area contributed by atoms with Gasteiger partial charge in [-0.2, -0.15) is 0 Å². The molecular formula is C18H22N2O3S. The lowest BCUT2D eigenvalue weighted by molar-refractivity contribution is -0.119. The Morgan fingerprint density at radius 3 is 2.54 bits per heavy atom. The second kappa shape index (κ2) is 7.97. The molecule has 0 fully saturated rings. The van der Waals surface area contributed by atoms with Crippen LogP contribution in [0.3, 0.4) is 0 Å². The van der Waals surface area contributed by atoms with E-state index in [0.29, 0.717) is 17.8 Å². The molecule has 0 saturated carbocycles. The van der Waals surface area contributed by atoms with E-state index in [2.05, 4.69) is 10.6 Å². The van der Waals surface area contributed by atoms with E-state index >= 15 is 0 Å². The summed E-state index contributed by atoms with van der Waals surface area (Å²) in [5.74, 6) is -0.202. The lowest BCUT2D eigenvalue weighted by Gasteiger charge is -2.12. The van der Waals surface area contributed by atoms with Crippen LogP contribution in [0.15, 0.2) is 48.5 Å². The molecule has 0 saturated heterocycles. The SMILES string of the molecule is Cc1cccc(CNC(=O)CNc2ccccc2CS(C)(=O)=O)c1. The van der Waals surface area contributed by atoms with Crippen LogP contribution in [0.4, 0.5) is 5.69 Å². The number of nitrogens with one attached hydrogen (secondary N) is 2. The third kappa shape index (κ3) is 6.04. The van der Waals surface area contributed by atoms with Gasteiger partial charge in [0, 0.05) is 18.5 Å². The zero-order valence-electron chi connectivity index (χ0n) is 13.9. The van der Waals surface area contributed by atoms with E-state index in [1.54, 1.807) is 24.3 Å². The predicted octanol–water partition coefficient (Wildman–Crippen LogP) is 2.27. The van der Waals surface area contributed by atoms with Crippen LogP contribution in [-0.2, 0) is 26.9 Å². The maximum Gasteiger partial charge on any atom is 0.239 e. The van der Waals surface area contributed by atoms with Gasteiger partial charge in [0.2, 0.25) is 5.91 Å². The fourth-order valence-electron chi connectivity index (χ4n) is 2.36. The van der Waals surface area contributed by atoms with E-state index in [9.17, 15) is 13.2 Å². The summed E-state index contributed by atoms with van der Waals surface area (Å²) in [7, 11) is -3.13. The minimum atomic E-state index is -3.13. The van der Waals surface area contributed by atoms with Crippen molar-refractivity contribution >= 4 is 21.4 Å². The van der Waals surface area contributed by atoms with Gasteiger partial charge in [-0.25, -0.2) is 8.42 Å². The second-order valence-electron chi connectivity index (χ2n) is 5.85. The van der Waals surface area contributed by atoms with Crippen LogP contribution in [-0.4, -0.2) is 27.1 Å². The third-order valence-corrected chi connectivity index (χ3v) is 4.28. The number of benzene rings is 2. The van der Waals surface area contributed by atoms with Crippen molar-refractivity contribution in [1.82, 2.24) is 5.32 Å². The molecule has 0 spiro atoms. The van der Waals surface area contributed by atoms with Crippen molar-refractivity contribution in [2.45, 2.75) is 19.2 Å². The molecule has 24 heavy (non-hydrogen) atoms. The summed E-state index contributed by atoms with van der Waals surface area (Å²) in [4.78, 5) is 12.0. The lowest BCUT2D eigenvalue weighted by Crippen LogP contribution is -2.29.